The standard InChI is InChI=1S/C39H34Cl2N6O6S/c1-24(2)52-39(49)46(21-30-18-25(3)53-43-30)32-11-8-28(9-12-32)27-6-4-26(5-7-27)19-37-42-36(34-17-10-29(40)20-35(34)41)22-45(37)31-13-15-33(16-14-31)47-23-38(48)44-54(47,50)51/h4-18,20,22-24,44,48H,19,21H2,1-3H3. The summed E-state index contributed by atoms with van der Waals surface area (Å²) in [6.07, 6.45) is 2.67. The normalized spacial score (nSPS) is 13.5. The van der Waals surface area contributed by atoms with Crippen molar-refractivity contribution < 1.29 is 27.6 Å². The highest BCUT2D eigenvalue weighted by Crippen LogP contribution is 2.33. The molecule has 3 heterocycles. The SMILES string of the molecule is Cc1cc(CN(C(=O)OC(C)C)c2ccc(-c3ccc(Cc4nc(-c5ccc(Cl)cc5Cl)cn4-c4ccc(N5C=C(O)NS5(=O)=O)cc4)cc3)cc2)no1. The molecule has 0 bridgehead atoms. The largest absolute Gasteiger partial charge is 0.493 e. The van der Waals surface area contributed by atoms with Gasteiger partial charge in [-0.1, -0.05) is 64.8 Å². The quantitative estimate of drug-likeness (QED) is 0.140. The molecule has 0 saturated heterocycles. The van der Waals surface area contributed by atoms with E-state index in [1.54, 1.807) is 63.2 Å². The summed E-state index contributed by atoms with van der Waals surface area (Å²) in [5.41, 5.74) is 6.62. The summed E-state index contributed by atoms with van der Waals surface area (Å²) < 4.78 is 40.5. The van der Waals surface area contributed by atoms with E-state index < -0.39 is 22.2 Å². The van der Waals surface area contributed by atoms with Crippen molar-refractivity contribution in [2.75, 3.05) is 9.21 Å². The molecule has 15 heteroatoms. The average molecular weight is 786 g/mol. The van der Waals surface area contributed by atoms with E-state index in [-0.39, 0.29) is 12.6 Å². The molecule has 2 N–H and O–H groups in total. The first kappa shape index (κ1) is 36.6. The monoisotopic (exact) mass is 784 g/mol. The predicted molar refractivity (Wildman–Crippen MR) is 208 cm³/mol. The molecule has 0 atom stereocenters. The van der Waals surface area contributed by atoms with Crippen LogP contribution in [0.3, 0.4) is 0 Å². The smallest absolute Gasteiger partial charge is 0.414 e. The molecule has 0 fully saturated rings. The summed E-state index contributed by atoms with van der Waals surface area (Å²) in [7, 11) is -3.93. The molecule has 12 nitrogen and oxygen atoms in total. The van der Waals surface area contributed by atoms with Gasteiger partial charge in [-0.2, -0.15) is 8.42 Å². The Balaban J connectivity index is 1.15. The number of aryl methyl sites for hydroxylation is 1. The van der Waals surface area contributed by atoms with Gasteiger partial charge in [0.2, 0.25) is 5.88 Å². The highest BCUT2D eigenvalue weighted by Gasteiger charge is 2.29. The lowest BCUT2D eigenvalue weighted by molar-refractivity contribution is 0.122. The summed E-state index contributed by atoms with van der Waals surface area (Å²) in [5.74, 6) is 0.901. The van der Waals surface area contributed by atoms with Crippen LogP contribution < -0.4 is 13.9 Å². The van der Waals surface area contributed by atoms with Crippen molar-refractivity contribution in [1.82, 2.24) is 19.4 Å². The molecule has 6 aromatic rings. The van der Waals surface area contributed by atoms with Crippen LogP contribution in [-0.2, 0) is 27.9 Å². The molecule has 0 spiro atoms. The van der Waals surface area contributed by atoms with Crippen LogP contribution in [-0.4, -0.2) is 40.4 Å². The van der Waals surface area contributed by atoms with Crippen molar-refractivity contribution in [2.45, 2.75) is 39.8 Å². The van der Waals surface area contributed by atoms with Crippen LogP contribution >= 0.6 is 23.2 Å². The summed E-state index contributed by atoms with van der Waals surface area (Å²) in [6, 6.07) is 29.6. The van der Waals surface area contributed by atoms with Gasteiger partial charge >= 0.3 is 16.3 Å². The van der Waals surface area contributed by atoms with E-state index >= 15 is 0 Å². The number of amides is 1. The van der Waals surface area contributed by atoms with Crippen molar-refractivity contribution in [2.24, 2.45) is 0 Å². The zero-order valence-corrected chi connectivity index (χ0v) is 31.6. The van der Waals surface area contributed by atoms with Crippen LogP contribution in [0.1, 0.15) is 36.7 Å². The molecule has 276 valence electrons. The first-order valence-electron chi connectivity index (χ1n) is 16.8. The van der Waals surface area contributed by atoms with Crippen molar-refractivity contribution >= 4 is 50.9 Å². The second-order valence-corrected chi connectivity index (χ2v) is 15.2. The van der Waals surface area contributed by atoms with Gasteiger partial charge in [0.05, 0.1) is 35.3 Å². The minimum absolute atomic E-state index is 0.197. The van der Waals surface area contributed by atoms with Gasteiger partial charge in [-0.15, -0.1) is 0 Å². The molecule has 1 amide bonds. The van der Waals surface area contributed by atoms with Crippen LogP contribution in [0.5, 0.6) is 0 Å². The highest BCUT2D eigenvalue weighted by atomic mass is 35.5. The number of nitrogens with one attached hydrogen (secondary N) is 1. The van der Waals surface area contributed by atoms with Gasteiger partial charge in [-0.3, -0.25) is 4.90 Å². The molecule has 0 aliphatic carbocycles. The van der Waals surface area contributed by atoms with Gasteiger partial charge in [0.1, 0.15) is 17.3 Å². The number of aromatic nitrogens is 3. The van der Waals surface area contributed by atoms with E-state index in [1.807, 2.05) is 70.1 Å². The summed E-state index contributed by atoms with van der Waals surface area (Å²) in [6.45, 7) is 5.60. The lowest BCUT2D eigenvalue weighted by Crippen LogP contribution is -2.32. The van der Waals surface area contributed by atoms with E-state index in [0.29, 0.717) is 56.4 Å². The van der Waals surface area contributed by atoms with Gasteiger partial charge in [-0.05, 0) is 92.1 Å². The Morgan fingerprint density at radius 2 is 1.61 bits per heavy atom. The van der Waals surface area contributed by atoms with Gasteiger partial charge in [0.25, 0.3) is 0 Å². The van der Waals surface area contributed by atoms with Crippen LogP contribution in [0.4, 0.5) is 16.2 Å². The molecule has 0 radical (unpaired) electrons. The van der Waals surface area contributed by atoms with Gasteiger partial charge in [-0.25, -0.2) is 18.8 Å². The van der Waals surface area contributed by atoms with Gasteiger partial charge in [0.15, 0.2) is 0 Å². The number of hydrogen-bond acceptors (Lipinski definition) is 8. The van der Waals surface area contributed by atoms with Crippen molar-refractivity contribution in [3.63, 3.8) is 0 Å². The van der Waals surface area contributed by atoms with Crippen LogP contribution in [0.25, 0.3) is 28.1 Å². The van der Waals surface area contributed by atoms with E-state index in [9.17, 15) is 18.3 Å². The molecule has 7 rings (SSSR count). The maximum absolute atomic E-state index is 13.0. The van der Waals surface area contributed by atoms with E-state index in [4.69, 9.17) is 37.4 Å². The number of carbonyl (C=O) groups excluding carboxylic acids is 1. The highest BCUT2D eigenvalue weighted by molar-refractivity contribution is 7.91. The average Bonchev–Trinajstić information content (AvgIpc) is 3.82. The van der Waals surface area contributed by atoms with E-state index in [2.05, 4.69) is 5.16 Å². The molecule has 0 unspecified atom stereocenters. The first-order valence-corrected chi connectivity index (χ1v) is 19.0. The fourth-order valence-electron chi connectivity index (χ4n) is 5.97. The minimum atomic E-state index is -3.93. The number of ether oxygens (including phenoxy) is 1. The Morgan fingerprint density at radius 3 is 2.20 bits per heavy atom. The van der Waals surface area contributed by atoms with Gasteiger partial charge in [0, 0.05) is 40.6 Å². The van der Waals surface area contributed by atoms with Crippen LogP contribution in [0.2, 0.25) is 10.0 Å². The topological polar surface area (TPSA) is 143 Å². The number of imidazole rings is 1. The predicted octanol–water partition coefficient (Wildman–Crippen LogP) is 8.96. The Labute approximate surface area is 322 Å². The fourth-order valence-corrected chi connectivity index (χ4v) is 7.53. The van der Waals surface area contributed by atoms with Gasteiger partial charge < -0.3 is 18.9 Å². The number of anilines is 2. The second-order valence-electron chi connectivity index (χ2n) is 12.8. The van der Waals surface area contributed by atoms with E-state index in [0.717, 1.165) is 32.9 Å². The Hall–Kier alpha value is -5.76. The molecule has 1 aliphatic heterocycles. The molecule has 2 aromatic heterocycles. The molecule has 4 aromatic carbocycles. The molecular formula is C39H34Cl2N6O6S. The Morgan fingerprint density at radius 1 is 0.944 bits per heavy atom. The number of aliphatic hydroxyl groups is 1. The van der Waals surface area contributed by atoms with E-state index in [1.165, 1.54) is 4.90 Å². The minimum Gasteiger partial charge on any atom is -0.493 e. The third-order valence-electron chi connectivity index (χ3n) is 8.48. The first-order chi connectivity index (χ1) is 25.8. The number of halogens is 2. The fraction of sp³-hybridized carbons (Fsp3) is 0.154. The maximum atomic E-state index is 13.0. The zero-order chi connectivity index (χ0) is 38.1. The third kappa shape index (κ3) is 7.93. The number of nitrogens with zero attached hydrogens (tertiary/aromatic N) is 5. The third-order valence-corrected chi connectivity index (χ3v) is 10.3. The van der Waals surface area contributed by atoms with Crippen molar-refractivity contribution in [1.29, 1.82) is 0 Å². The summed E-state index contributed by atoms with van der Waals surface area (Å²) in [5, 5.41) is 14.7. The number of hydrogen-bond donors (Lipinski definition) is 2. The van der Waals surface area contributed by atoms with Crippen LogP contribution in [0, 0.1) is 6.92 Å². The lowest BCUT2D eigenvalue weighted by Gasteiger charge is -2.22. The number of rotatable bonds is 10. The molecular weight excluding hydrogens is 751 g/mol. The number of aliphatic hydroxyl groups excluding tert-OH is 1. The van der Waals surface area contributed by atoms with Crippen LogP contribution in [0.15, 0.2) is 120 Å². The molecule has 0 saturated carbocycles. The number of carbonyl (C=O) groups is 1. The van der Waals surface area contributed by atoms with Crippen molar-refractivity contribution in [3.8, 4) is 28.1 Å². The van der Waals surface area contributed by atoms with Crippen molar-refractivity contribution in [3.05, 3.63) is 148 Å². The molecule has 54 heavy (non-hydrogen) atoms. The second kappa shape index (κ2) is 14.9. The molecule has 1 aliphatic rings. The summed E-state index contributed by atoms with van der Waals surface area (Å²) >= 11 is 12.8. The Kier molecular flexibility index (Phi) is 10.1. The Bertz CT molecular complexity index is 2460. The summed E-state index contributed by atoms with van der Waals surface area (Å²) in [4.78, 5) is 19.5. The zero-order valence-electron chi connectivity index (χ0n) is 29.3. The maximum Gasteiger partial charge on any atom is 0.414 e. The number of benzene rings is 4. The lowest BCUT2D eigenvalue weighted by atomic mass is 10.0.